The monoisotopic (exact) mass is 434 g/mol. The van der Waals surface area contributed by atoms with Gasteiger partial charge >= 0.3 is 5.97 Å². The second kappa shape index (κ2) is 12.2. The first-order valence-corrected chi connectivity index (χ1v) is 10.6. The minimum absolute atomic E-state index is 0.0260. The number of nitrogens with one attached hydrogen (secondary N) is 4. The zero-order valence-electron chi connectivity index (χ0n) is 16.1. The van der Waals surface area contributed by atoms with Gasteiger partial charge in [-0.1, -0.05) is 20.3 Å². The molecule has 1 rings (SSSR count). The van der Waals surface area contributed by atoms with E-state index in [1.807, 2.05) is 6.92 Å². The summed E-state index contributed by atoms with van der Waals surface area (Å²) in [6, 6.07) is -3.36. The van der Waals surface area contributed by atoms with E-state index >= 15 is 0 Å². The summed E-state index contributed by atoms with van der Waals surface area (Å²) in [5, 5.41) is 19.9. The van der Waals surface area contributed by atoms with Crippen LogP contribution in [0.15, 0.2) is 0 Å². The summed E-state index contributed by atoms with van der Waals surface area (Å²) in [4.78, 5) is 48.5. The number of amides is 3. The van der Waals surface area contributed by atoms with Gasteiger partial charge in [0.25, 0.3) is 0 Å². The van der Waals surface area contributed by atoms with Crippen LogP contribution in [0.4, 0.5) is 0 Å². The van der Waals surface area contributed by atoms with E-state index in [2.05, 4.69) is 46.5 Å². The van der Waals surface area contributed by atoms with Crippen molar-refractivity contribution in [1.29, 1.82) is 0 Å². The molecule has 0 aliphatic carbocycles. The highest BCUT2D eigenvalue weighted by molar-refractivity contribution is 7.80. The topological polar surface area (TPSA) is 137 Å². The molecule has 9 nitrogen and oxygen atoms in total. The smallest absolute Gasteiger partial charge is 0.326 e. The lowest BCUT2D eigenvalue weighted by Gasteiger charge is -2.25. The van der Waals surface area contributed by atoms with Crippen molar-refractivity contribution in [3.8, 4) is 0 Å². The first-order chi connectivity index (χ1) is 13.2. The predicted octanol–water partition coefficient (Wildman–Crippen LogP) is -0.817. The molecule has 0 aromatic heterocycles. The van der Waals surface area contributed by atoms with Gasteiger partial charge in [-0.05, 0) is 25.3 Å². The van der Waals surface area contributed by atoms with Gasteiger partial charge < -0.3 is 26.4 Å². The number of thiol groups is 2. The molecule has 5 N–H and O–H groups in total. The van der Waals surface area contributed by atoms with E-state index in [9.17, 15) is 24.3 Å². The van der Waals surface area contributed by atoms with Crippen LogP contribution in [-0.4, -0.2) is 71.0 Å². The van der Waals surface area contributed by atoms with E-state index in [4.69, 9.17) is 0 Å². The maximum absolute atomic E-state index is 12.5. The molecule has 0 saturated carbocycles. The van der Waals surface area contributed by atoms with Gasteiger partial charge in [0.1, 0.15) is 18.1 Å². The maximum atomic E-state index is 12.5. The molecule has 5 unspecified atom stereocenters. The molecular formula is C17H30N4O5S2. The SMILES string of the molecule is CCC(C)C(NC(=O)C(CS)NC(=O)C(CS)NC(=O)C1CCCN1)C(=O)O. The zero-order chi connectivity index (χ0) is 21.3. The van der Waals surface area contributed by atoms with Crippen LogP contribution >= 0.6 is 25.3 Å². The molecule has 0 radical (unpaired) electrons. The molecule has 1 aliphatic rings. The van der Waals surface area contributed by atoms with Crippen LogP contribution in [0.25, 0.3) is 0 Å². The zero-order valence-corrected chi connectivity index (χ0v) is 17.9. The molecule has 5 atom stereocenters. The number of aliphatic carboxylic acids is 1. The van der Waals surface area contributed by atoms with Crippen LogP contribution < -0.4 is 21.3 Å². The first-order valence-electron chi connectivity index (χ1n) is 9.34. The summed E-state index contributed by atoms with van der Waals surface area (Å²) in [6.45, 7) is 4.29. The maximum Gasteiger partial charge on any atom is 0.326 e. The second-order valence-corrected chi connectivity index (χ2v) is 7.58. The Kier molecular flexibility index (Phi) is 10.7. The quantitative estimate of drug-likeness (QED) is 0.212. The molecule has 11 heteroatoms. The molecule has 0 spiro atoms. The molecule has 0 aromatic carbocycles. The van der Waals surface area contributed by atoms with E-state index in [0.29, 0.717) is 12.8 Å². The van der Waals surface area contributed by atoms with Crippen LogP contribution in [0.3, 0.4) is 0 Å². The first kappa shape index (κ1) is 24.6. The summed E-state index contributed by atoms with van der Waals surface area (Å²) < 4.78 is 0. The van der Waals surface area contributed by atoms with Crippen molar-refractivity contribution in [1.82, 2.24) is 21.3 Å². The number of carbonyl (C=O) groups excluding carboxylic acids is 3. The predicted molar refractivity (Wildman–Crippen MR) is 112 cm³/mol. The van der Waals surface area contributed by atoms with Crippen molar-refractivity contribution < 1.29 is 24.3 Å². The molecule has 0 aromatic rings. The average Bonchev–Trinajstić information content (AvgIpc) is 3.21. The number of carboxylic acids is 1. The van der Waals surface area contributed by atoms with Gasteiger partial charge in [0, 0.05) is 11.5 Å². The van der Waals surface area contributed by atoms with E-state index in [-0.39, 0.29) is 29.4 Å². The van der Waals surface area contributed by atoms with Crippen LogP contribution in [0.5, 0.6) is 0 Å². The lowest BCUT2D eigenvalue weighted by molar-refractivity contribution is -0.143. The number of hydrogen-bond donors (Lipinski definition) is 7. The molecular weight excluding hydrogens is 404 g/mol. The van der Waals surface area contributed by atoms with Crippen molar-refractivity contribution in [3.05, 3.63) is 0 Å². The molecule has 28 heavy (non-hydrogen) atoms. The van der Waals surface area contributed by atoms with Gasteiger partial charge in [-0.15, -0.1) is 0 Å². The third-order valence-electron chi connectivity index (χ3n) is 4.78. The normalized spacial score (nSPS) is 20.5. The Balaban J connectivity index is 2.69. The lowest BCUT2D eigenvalue weighted by Crippen LogP contribution is -2.58. The molecule has 160 valence electrons. The van der Waals surface area contributed by atoms with Crippen LogP contribution in [-0.2, 0) is 19.2 Å². The molecule has 3 amide bonds. The van der Waals surface area contributed by atoms with Crippen molar-refractivity contribution in [3.63, 3.8) is 0 Å². The number of rotatable bonds is 11. The number of carbonyl (C=O) groups is 4. The Labute approximate surface area is 176 Å². The van der Waals surface area contributed by atoms with Crippen LogP contribution in [0.1, 0.15) is 33.1 Å². The molecule has 1 fully saturated rings. The highest BCUT2D eigenvalue weighted by Gasteiger charge is 2.31. The Bertz CT molecular complexity index is 572. The van der Waals surface area contributed by atoms with Gasteiger partial charge in [-0.25, -0.2) is 4.79 Å². The lowest BCUT2D eigenvalue weighted by atomic mass is 9.99. The van der Waals surface area contributed by atoms with Crippen molar-refractivity contribution in [2.24, 2.45) is 5.92 Å². The number of hydrogen-bond acceptors (Lipinski definition) is 7. The van der Waals surface area contributed by atoms with Gasteiger partial charge in [0.05, 0.1) is 6.04 Å². The van der Waals surface area contributed by atoms with Crippen LogP contribution in [0, 0.1) is 5.92 Å². The molecule has 1 saturated heterocycles. The summed E-state index contributed by atoms with van der Waals surface area (Å²) in [6.07, 6.45) is 2.15. The Morgan fingerprint density at radius 1 is 1.07 bits per heavy atom. The summed E-state index contributed by atoms with van der Waals surface area (Å²) in [5.41, 5.74) is 0. The van der Waals surface area contributed by atoms with Crippen molar-refractivity contribution >= 4 is 48.9 Å². The average molecular weight is 435 g/mol. The second-order valence-electron chi connectivity index (χ2n) is 6.85. The van der Waals surface area contributed by atoms with Gasteiger partial charge in [-0.3, -0.25) is 14.4 Å². The standard InChI is InChI=1S/C17H30N4O5S2/c1-3-9(2)13(17(25)26)21-16(24)12(8-28)20-15(23)11(7-27)19-14(22)10-5-4-6-18-10/h9-13,18,27-28H,3-8H2,1-2H3,(H,19,22)(H,20,23)(H,21,24)(H,25,26). The molecule has 1 heterocycles. The summed E-state index contributed by atoms with van der Waals surface area (Å²) in [7, 11) is 0. The third kappa shape index (κ3) is 7.17. The Hall–Kier alpha value is -1.46. The van der Waals surface area contributed by atoms with E-state index in [1.165, 1.54) is 0 Å². The number of carboxylic acid groups (broad SMARTS) is 1. The fraction of sp³-hybridized carbons (Fsp3) is 0.765. The highest BCUT2D eigenvalue weighted by Crippen LogP contribution is 2.09. The molecule has 1 aliphatic heterocycles. The largest absolute Gasteiger partial charge is 0.480 e. The van der Waals surface area contributed by atoms with Crippen LogP contribution in [0.2, 0.25) is 0 Å². The Morgan fingerprint density at radius 2 is 1.64 bits per heavy atom. The summed E-state index contributed by atoms with van der Waals surface area (Å²) >= 11 is 8.18. The van der Waals surface area contributed by atoms with E-state index in [0.717, 1.165) is 13.0 Å². The van der Waals surface area contributed by atoms with Gasteiger partial charge in [-0.2, -0.15) is 25.3 Å². The Morgan fingerprint density at radius 3 is 2.11 bits per heavy atom. The third-order valence-corrected chi connectivity index (χ3v) is 5.52. The summed E-state index contributed by atoms with van der Waals surface area (Å²) in [5.74, 6) is -2.90. The van der Waals surface area contributed by atoms with Gasteiger partial charge in [0.2, 0.25) is 17.7 Å². The highest BCUT2D eigenvalue weighted by atomic mass is 32.1. The van der Waals surface area contributed by atoms with Gasteiger partial charge in [0.15, 0.2) is 0 Å². The minimum Gasteiger partial charge on any atom is -0.480 e. The van der Waals surface area contributed by atoms with E-state index < -0.39 is 35.9 Å². The minimum atomic E-state index is -1.14. The fourth-order valence-electron chi connectivity index (χ4n) is 2.78. The van der Waals surface area contributed by atoms with Crippen molar-refractivity contribution in [2.75, 3.05) is 18.1 Å². The molecule has 0 bridgehead atoms. The van der Waals surface area contributed by atoms with Crippen molar-refractivity contribution in [2.45, 2.75) is 57.3 Å². The van der Waals surface area contributed by atoms with E-state index in [1.54, 1.807) is 6.92 Å². The fourth-order valence-corrected chi connectivity index (χ4v) is 3.29.